The molecule has 0 aliphatic carbocycles. The van der Waals surface area contributed by atoms with Crippen molar-refractivity contribution >= 4 is 32.7 Å². The number of amides is 1. The summed E-state index contributed by atoms with van der Waals surface area (Å²) in [5, 5.41) is 10.7. The molecule has 112 valence electrons. The molecule has 6 heteroatoms. The molecule has 0 spiro atoms. The van der Waals surface area contributed by atoms with E-state index in [0.29, 0.717) is 12.1 Å². The Morgan fingerprint density at radius 2 is 2.18 bits per heavy atom. The molecule has 3 rings (SSSR count). The Labute approximate surface area is 135 Å². The summed E-state index contributed by atoms with van der Waals surface area (Å²) in [7, 11) is 1.61. The number of benzene rings is 2. The largest absolute Gasteiger partial charge is 0.496 e. The Bertz CT molecular complexity index is 829. The second kappa shape index (κ2) is 6.19. The van der Waals surface area contributed by atoms with Crippen LogP contribution < -0.4 is 10.1 Å². The summed E-state index contributed by atoms with van der Waals surface area (Å²) < 4.78 is 6.24. The van der Waals surface area contributed by atoms with Gasteiger partial charge in [0.05, 0.1) is 18.8 Å². The lowest BCUT2D eigenvalue weighted by Crippen LogP contribution is -2.23. The molecular weight excluding hydrogens is 346 g/mol. The first kappa shape index (κ1) is 14.6. The van der Waals surface area contributed by atoms with Crippen LogP contribution in [0.4, 0.5) is 0 Å². The number of ether oxygens (including phenoxy) is 1. The zero-order valence-corrected chi connectivity index (χ0v) is 13.5. The van der Waals surface area contributed by atoms with Crippen LogP contribution in [0.1, 0.15) is 15.9 Å². The first-order valence-corrected chi connectivity index (χ1v) is 7.50. The minimum atomic E-state index is -0.140. The molecule has 5 nitrogen and oxygen atoms in total. The van der Waals surface area contributed by atoms with Crippen LogP contribution >= 0.6 is 15.9 Å². The number of nitrogens with zero attached hydrogens (tertiary/aromatic N) is 1. The van der Waals surface area contributed by atoms with Crippen molar-refractivity contribution in [1.82, 2.24) is 15.5 Å². The van der Waals surface area contributed by atoms with Crippen molar-refractivity contribution in [3.63, 3.8) is 0 Å². The Balaban J connectivity index is 1.75. The number of carbonyl (C=O) groups excluding carboxylic acids is 1. The number of aromatic nitrogens is 2. The summed E-state index contributed by atoms with van der Waals surface area (Å²) >= 11 is 3.42. The van der Waals surface area contributed by atoms with Crippen molar-refractivity contribution in [3.8, 4) is 5.75 Å². The Morgan fingerprint density at radius 1 is 1.32 bits per heavy atom. The van der Waals surface area contributed by atoms with Gasteiger partial charge in [-0.25, -0.2) is 0 Å². The molecule has 1 aromatic heterocycles. The van der Waals surface area contributed by atoms with Gasteiger partial charge in [0.15, 0.2) is 0 Å². The van der Waals surface area contributed by atoms with Gasteiger partial charge in [0, 0.05) is 27.5 Å². The van der Waals surface area contributed by atoms with Gasteiger partial charge in [-0.05, 0) is 30.3 Å². The number of hydrogen-bond donors (Lipinski definition) is 2. The molecule has 0 aliphatic rings. The maximum Gasteiger partial charge on any atom is 0.251 e. The summed E-state index contributed by atoms with van der Waals surface area (Å²) in [6.07, 6.45) is 1.73. The summed E-state index contributed by atoms with van der Waals surface area (Å²) in [6.45, 7) is 0.391. The third-order valence-corrected chi connectivity index (χ3v) is 3.88. The lowest BCUT2D eigenvalue weighted by molar-refractivity contribution is 0.0951. The molecule has 2 aromatic carbocycles. The fourth-order valence-corrected chi connectivity index (χ4v) is 2.65. The second-order valence-electron chi connectivity index (χ2n) is 4.81. The van der Waals surface area contributed by atoms with E-state index in [1.807, 2.05) is 24.3 Å². The molecule has 1 amide bonds. The van der Waals surface area contributed by atoms with Crippen LogP contribution in [0.25, 0.3) is 10.9 Å². The topological polar surface area (TPSA) is 67.0 Å². The first-order valence-electron chi connectivity index (χ1n) is 6.71. The number of fused-ring (bicyclic) bond motifs is 1. The predicted octanol–water partition coefficient (Wildman–Crippen LogP) is 3.26. The van der Waals surface area contributed by atoms with E-state index < -0.39 is 0 Å². The quantitative estimate of drug-likeness (QED) is 0.751. The third-order valence-electron chi connectivity index (χ3n) is 3.39. The van der Waals surface area contributed by atoms with E-state index in [1.165, 1.54) is 0 Å². The average molecular weight is 360 g/mol. The van der Waals surface area contributed by atoms with Gasteiger partial charge >= 0.3 is 0 Å². The highest BCUT2D eigenvalue weighted by atomic mass is 79.9. The normalized spacial score (nSPS) is 10.6. The van der Waals surface area contributed by atoms with E-state index in [4.69, 9.17) is 4.74 Å². The molecule has 0 atom stereocenters. The van der Waals surface area contributed by atoms with Gasteiger partial charge in [-0.3, -0.25) is 9.89 Å². The van der Waals surface area contributed by atoms with Crippen LogP contribution in [0.2, 0.25) is 0 Å². The lowest BCUT2D eigenvalue weighted by Gasteiger charge is -2.10. The van der Waals surface area contributed by atoms with E-state index in [0.717, 1.165) is 26.7 Å². The highest BCUT2D eigenvalue weighted by Crippen LogP contribution is 2.23. The summed E-state index contributed by atoms with van der Waals surface area (Å²) in [6, 6.07) is 11.1. The maximum atomic E-state index is 12.3. The van der Waals surface area contributed by atoms with Crippen LogP contribution in [0.3, 0.4) is 0 Å². The number of H-pyrrole nitrogens is 1. The summed E-state index contributed by atoms with van der Waals surface area (Å²) in [5.41, 5.74) is 2.34. The number of hydrogen-bond acceptors (Lipinski definition) is 3. The van der Waals surface area contributed by atoms with Gasteiger partial charge in [-0.1, -0.05) is 22.0 Å². The SMILES string of the molecule is COc1ccc(Br)cc1CNC(=O)c1ccc2cn[nH]c2c1. The van der Waals surface area contributed by atoms with E-state index in [9.17, 15) is 4.79 Å². The Morgan fingerprint density at radius 3 is 3.00 bits per heavy atom. The monoisotopic (exact) mass is 359 g/mol. The average Bonchev–Trinajstić information content (AvgIpc) is 3.00. The van der Waals surface area contributed by atoms with E-state index in [1.54, 1.807) is 25.4 Å². The highest BCUT2D eigenvalue weighted by Gasteiger charge is 2.09. The van der Waals surface area contributed by atoms with Gasteiger partial charge in [0.25, 0.3) is 5.91 Å². The molecule has 0 saturated carbocycles. The molecule has 22 heavy (non-hydrogen) atoms. The molecule has 1 heterocycles. The van der Waals surface area contributed by atoms with Crippen molar-refractivity contribution in [1.29, 1.82) is 0 Å². The number of nitrogens with one attached hydrogen (secondary N) is 2. The van der Waals surface area contributed by atoms with Gasteiger partial charge in [-0.15, -0.1) is 0 Å². The van der Waals surface area contributed by atoms with E-state index in [-0.39, 0.29) is 5.91 Å². The molecule has 2 N–H and O–H groups in total. The van der Waals surface area contributed by atoms with Gasteiger partial charge in [0.1, 0.15) is 5.75 Å². The third kappa shape index (κ3) is 2.96. The number of halogens is 1. The summed E-state index contributed by atoms with van der Waals surface area (Å²) in [4.78, 5) is 12.3. The minimum absolute atomic E-state index is 0.140. The lowest BCUT2D eigenvalue weighted by atomic mass is 10.1. The predicted molar refractivity (Wildman–Crippen MR) is 88.0 cm³/mol. The van der Waals surface area contributed by atoms with Crippen LogP contribution in [0, 0.1) is 0 Å². The molecule has 0 saturated heterocycles. The standard InChI is InChI=1S/C16H14BrN3O2/c1-22-15-5-4-13(17)6-12(15)8-18-16(21)10-2-3-11-9-19-20-14(11)7-10/h2-7,9H,8H2,1H3,(H,18,21)(H,19,20). The second-order valence-corrected chi connectivity index (χ2v) is 5.73. The molecule has 0 bridgehead atoms. The van der Waals surface area contributed by atoms with Gasteiger partial charge < -0.3 is 10.1 Å². The fraction of sp³-hybridized carbons (Fsp3) is 0.125. The molecule has 0 unspecified atom stereocenters. The molecule has 0 fully saturated rings. The van der Waals surface area contributed by atoms with Crippen LogP contribution in [0.5, 0.6) is 5.75 Å². The number of carbonyl (C=O) groups is 1. The fourth-order valence-electron chi connectivity index (χ4n) is 2.24. The zero-order chi connectivity index (χ0) is 15.5. The molecule has 0 aliphatic heterocycles. The van der Waals surface area contributed by atoms with Gasteiger partial charge in [0.2, 0.25) is 0 Å². The number of aromatic amines is 1. The van der Waals surface area contributed by atoms with E-state index in [2.05, 4.69) is 31.4 Å². The van der Waals surface area contributed by atoms with Crippen molar-refractivity contribution in [2.45, 2.75) is 6.54 Å². The van der Waals surface area contributed by atoms with Crippen molar-refractivity contribution in [2.75, 3.05) is 7.11 Å². The van der Waals surface area contributed by atoms with E-state index >= 15 is 0 Å². The minimum Gasteiger partial charge on any atom is -0.496 e. The number of methoxy groups -OCH3 is 1. The molecule has 0 radical (unpaired) electrons. The zero-order valence-electron chi connectivity index (χ0n) is 11.9. The maximum absolute atomic E-state index is 12.3. The smallest absolute Gasteiger partial charge is 0.251 e. The van der Waals surface area contributed by atoms with Crippen molar-refractivity contribution in [2.24, 2.45) is 0 Å². The van der Waals surface area contributed by atoms with Crippen LogP contribution in [-0.4, -0.2) is 23.2 Å². The highest BCUT2D eigenvalue weighted by molar-refractivity contribution is 9.10. The number of rotatable bonds is 4. The van der Waals surface area contributed by atoms with Crippen LogP contribution in [0.15, 0.2) is 47.1 Å². The first-order chi connectivity index (χ1) is 10.7. The molecule has 3 aromatic rings. The Hall–Kier alpha value is -2.34. The van der Waals surface area contributed by atoms with Crippen molar-refractivity contribution < 1.29 is 9.53 Å². The van der Waals surface area contributed by atoms with Crippen molar-refractivity contribution in [3.05, 3.63) is 58.2 Å². The van der Waals surface area contributed by atoms with Gasteiger partial charge in [-0.2, -0.15) is 5.10 Å². The van der Waals surface area contributed by atoms with Crippen LogP contribution in [-0.2, 0) is 6.54 Å². The molecular formula is C16H14BrN3O2. The summed E-state index contributed by atoms with van der Waals surface area (Å²) in [5.74, 6) is 0.603. The Kier molecular flexibility index (Phi) is 4.11.